The first-order valence-corrected chi connectivity index (χ1v) is 7.87. The van der Waals surface area contributed by atoms with Crippen LogP contribution in [0.3, 0.4) is 0 Å². The van der Waals surface area contributed by atoms with Gasteiger partial charge >= 0.3 is 0 Å². The zero-order valence-corrected chi connectivity index (χ0v) is 13.6. The number of hydrogen-bond donors (Lipinski definition) is 1. The number of halogens is 1. The Bertz CT molecular complexity index is 668. The zero-order chi connectivity index (χ0) is 16.7. The van der Waals surface area contributed by atoms with Gasteiger partial charge in [0.25, 0.3) is 0 Å². The van der Waals surface area contributed by atoms with Crippen LogP contribution in [0.2, 0.25) is 0 Å². The first-order chi connectivity index (χ1) is 11.1. The highest BCUT2D eigenvalue weighted by atomic mass is 19.1. The smallest absolute Gasteiger partial charge is 0.123 e. The van der Waals surface area contributed by atoms with Gasteiger partial charge in [0, 0.05) is 17.7 Å². The highest BCUT2D eigenvalue weighted by Gasteiger charge is 2.26. The number of rotatable bonds is 5. The Kier molecular flexibility index (Phi) is 5.78. The van der Waals surface area contributed by atoms with E-state index in [1.165, 1.54) is 12.1 Å². The molecular formula is C20H22FNO. The molecule has 0 amide bonds. The molecule has 23 heavy (non-hydrogen) atoms. The Morgan fingerprint density at radius 1 is 0.913 bits per heavy atom. The lowest BCUT2D eigenvalue weighted by atomic mass is 9.97. The van der Waals surface area contributed by atoms with Crippen molar-refractivity contribution in [2.45, 2.75) is 32.3 Å². The van der Waals surface area contributed by atoms with Gasteiger partial charge in [0.2, 0.25) is 0 Å². The average Bonchev–Trinajstić information content (AvgIpc) is 2.60. The van der Waals surface area contributed by atoms with Gasteiger partial charge in [-0.25, -0.2) is 4.39 Å². The van der Waals surface area contributed by atoms with Crippen LogP contribution < -0.4 is 10.5 Å². The molecule has 2 aromatic carbocycles. The van der Waals surface area contributed by atoms with Crippen LogP contribution in [0.4, 0.5) is 4.39 Å². The molecule has 0 atom stereocenters. The molecule has 120 valence electrons. The quantitative estimate of drug-likeness (QED) is 0.843. The summed E-state index contributed by atoms with van der Waals surface area (Å²) in [5, 5.41) is 0. The normalized spacial score (nSPS) is 10.8. The summed E-state index contributed by atoms with van der Waals surface area (Å²) in [5.41, 5.74) is 7.22. The van der Waals surface area contributed by atoms with Crippen molar-refractivity contribution in [3.63, 3.8) is 0 Å². The number of hydrogen-bond acceptors (Lipinski definition) is 2. The van der Waals surface area contributed by atoms with Crippen molar-refractivity contribution in [3.8, 4) is 17.6 Å². The van der Waals surface area contributed by atoms with Crippen molar-refractivity contribution < 1.29 is 9.13 Å². The fourth-order valence-electron chi connectivity index (χ4n) is 2.26. The fourth-order valence-corrected chi connectivity index (χ4v) is 2.26. The third kappa shape index (κ3) is 4.58. The molecule has 2 rings (SSSR count). The van der Waals surface area contributed by atoms with Crippen molar-refractivity contribution in [1.82, 2.24) is 0 Å². The maximum absolute atomic E-state index is 12.8. The van der Waals surface area contributed by atoms with E-state index in [9.17, 15) is 4.39 Å². The number of nitrogens with two attached hydrogens (primary N) is 1. The molecule has 3 heteroatoms. The van der Waals surface area contributed by atoms with Crippen molar-refractivity contribution >= 4 is 0 Å². The van der Waals surface area contributed by atoms with E-state index in [2.05, 4.69) is 25.7 Å². The Morgan fingerprint density at radius 2 is 1.39 bits per heavy atom. The van der Waals surface area contributed by atoms with Crippen LogP contribution in [0.5, 0.6) is 5.75 Å². The van der Waals surface area contributed by atoms with Gasteiger partial charge in [-0.05, 0) is 61.4 Å². The minimum atomic E-state index is -0.304. The van der Waals surface area contributed by atoms with E-state index in [0.29, 0.717) is 6.54 Å². The van der Waals surface area contributed by atoms with E-state index in [0.717, 1.165) is 29.7 Å². The summed E-state index contributed by atoms with van der Waals surface area (Å²) in [6, 6.07) is 13.8. The van der Waals surface area contributed by atoms with E-state index < -0.39 is 0 Å². The topological polar surface area (TPSA) is 35.2 Å². The van der Waals surface area contributed by atoms with Gasteiger partial charge in [-0.1, -0.05) is 25.7 Å². The second-order valence-electron chi connectivity index (χ2n) is 5.48. The maximum Gasteiger partial charge on any atom is 0.123 e. The third-order valence-corrected chi connectivity index (χ3v) is 4.04. The van der Waals surface area contributed by atoms with E-state index in [4.69, 9.17) is 10.5 Å². The van der Waals surface area contributed by atoms with Gasteiger partial charge in [-0.3, -0.25) is 0 Å². The molecular weight excluding hydrogens is 289 g/mol. The molecule has 0 saturated carbocycles. The summed E-state index contributed by atoms with van der Waals surface area (Å²) in [6.07, 6.45) is 1.73. The van der Waals surface area contributed by atoms with E-state index in [1.54, 1.807) is 12.1 Å². The molecule has 2 aromatic rings. The predicted molar refractivity (Wildman–Crippen MR) is 91.8 cm³/mol. The zero-order valence-electron chi connectivity index (χ0n) is 13.6. The maximum atomic E-state index is 12.8. The van der Waals surface area contributed by atoms with Gasteiger partial charge in [0.15, 0.2) is 0 Å². The molecule has 0 saturated heterocycles. The molecule has 2 N–H and O–H groups in total. The molecule has 0 radical (unpaired) electrons. The summed E-state index contributed by atoms with van der Waals surface area (Å²) >= 11 is 0. The Morgan fingerprint density at radius 3 is 1.83 bits per heavy atom. The second kappa shape index (κ2) is 7.80. The minimum Gasteiger partial charge on any atom is -0.486 e. The molecule has 0 fully saturated rings. The van der Waals surface area contributed by atoms with Crippen molar-refractivity contribution in [3.05, 3.63) is 65.5 Å². The monoisotopic (exact) mass is 311 g/mol. The SMILES string of the molecule is CCC(CC)(CN)Oc1ccc(C#Cc2ccc(F)cc2)cc1. The van der Waals surface area contributed by atoms with Gasteiger partial charge in [0.05, 0.1) is 0 Å². The van der Waals surface area contributed by atoms with Crippen LogP contribution in [0, 0.1) is 17.7 Å². The molecule has 0 aliphatic carbocycles. The second-order valence-corrected chi connectivity index (χ2v) is 5.48. The highest BCUT2D eigenvalue weighted by Crippen LogP contribution is 2.24. The first-order valence-electron chi connectivity index (χ1n) is 7.87. The lowest BCUT2D eigenvalue weighted by Gasteiger charge is -2.31. The third-order valence-electron chi connectivity index (χ3n) is 4.04. The molecule has 0 heterocycles. The minimum absolute atomic E-state index is 0.257. The standard InChI is InChI=1S/C20H22FNO/c1-3-20(4-2,15-22)23-19-13-9-17(10-14-19)6-5-16-7-11-18(21)12-8-16/h7-14H,3-4,15,22H2,1-2H3. The van der Waals surface area contributed by atoms with E-state index in [-0.39, 0.29) is 11.4 Å². The Labute approximate surface area is 137 Å². The lowest BCUT2D eigenvalue weighted by Crippen LogP contribution is -2.42. The summed E-state index contributed by atoms with van der Waals surface area (Å²) in [6.45, 7) is 4.66. The van der Waals surface area contributed by atoms with Crippen LogP contribution in [0.25, 0.3) is 0 Å². The van der Waals surface area contributed by atoms with Crippen LogP contribution in [0.1, 0.15) is 37.8 Å². The van der Waals surface area contributed by atoms with Crippen molar-refractivity contribution in [1.29, 1.82) is 0 Å². The summed E-state index contributed by atoms with van der Waals surface area (Å²) in [7, 11) is 0. The Hall–Kier alpha value is -2.31. The number of ether oxygens (including phenoxy) is 1. The van der Waals surface area contributed by atoms with Crippen LogP contribution in [0.15, 0.2) is 48.5 Å². The van der Waals surface area contributed by atoms with Crippen molar-refractivity contribution in [2.24, 2.45) is 5.73 Å². The highest BCUT2D eigenvalue weighted by molar-refractivity contribution is 5.44. The van der Waals surface area contributed by atoms with Gasteiger partial charge in [-0.2, -0.15) is 0 Å². The van der Waals surface area contributed by atoms with Gasteiger partial charge in [-0.15, -0.1) is 0 Å². The number of benzene rings is 2. The van der Waals surface area contributed by atoms with Crippen LogP contribution in [-0.4, -0.2) is 12.1 Å². The summed E-state index contributed by atoms with van der Waals surface area (Å²) in [5.74, 6) is 6.61. The van der Waals surface area contributed by atoms with E-state index >= 15 is 0 Å². The average molecular weight is 311 g/mol. The van der Waals surface area contributed by atoms with Gasteiger partial charge < -0.3 is 10.5 Å². The summed E-state index contributed by atoms with van der Waals surface area (Å²) in [4.78, 5) is 0. The molecule has 0 spiro atoms. The first kappa shape index (κ1) is 17.1. The van der Waals surface area contributed by atoms with Crippen molar-refractivity contribution in [2.75, 3.05) is 6.54 Å². The summed E-state index contributed by atoms with van der Waals surface area (Å²) < 4.78 is 18.9. The molecule has 0 aromatic heterocycles. The molecule has 0 aliphatic heterocycles. The van der Waals surface area contributed by atoms with Crippen LogP contribution >= 0.6 is 0 Å². The fraction of sp³-hybridized carbons (Fsp3) is 0.300. The lowest BCUT2D eigenvalue weighted by molar-refractivity contribution is 0.0692. The largest absolute Gasteiger partial charge is 0.486 e. The molecule has 2 nitrogen and oxygen atoms in total. The van der Waals surface area contributed by atoms with Crippen LogP contribution in [-0.2, 0) is 0 Å². The molecule has 0 unspecified atom stereocenters. The molecule has 0 aliphatic rings. The molecule has 0 bridgehead atoms. The Balaban J connectivity index is 2.09. The predicted octanol–water partition coefficient (Wildman–Crippen LogP) is 4.12. The van der Waals surface area contributed by atoms with E-state index in [1.807, 2.05) is 24.3 Å². The van der Waals surface area contributed by atoms with Gasteiger partial charge in [0.1, 0.15) is 17.2 Å².